The van der Waals surface area contributed by atoms with Gasteiger partial charge in [-0.05, 0) is 54.7 Å². The maximum absolute atomic E-state index is 12.4. The molecule has 0 fully saturated rings. The number of fused-ring (bicyclic) bond motifs is 1. The Morgan fingerprint density at radius 2 is 1.88 bits per heavy atom. The fourth-order valence-electron chi connectivity index (χ4n) is 3.06. The molecule has 6 heteroatoms. The van der Waals surface area contributed by atoms with Crippen molar-refractivity contribution in [3.05, 3.63) is 59.2 Å². The second kappa shape index (κ2) is 6.88. The Kier molecular flexibility index (Phi) is 4.81. The molecule has 1 aliphatic heterocycles. The molecule has 5 nitrogen and oxygen atoms in total. The number of sulfonamides is 1. The van der Waals surface area contributed by atoms with E-state index in [0.717, 1.165) is 24.8 Å². The number of benzene rings is 2. The number of amides is 1. The zero-order valence-corrected chi connectivity index (χ0v) is 15.3. The third kappa shape index (κ3) is 3.85. The SMILES string of the molecule is CCc1ccc(C(=O)Nc2ccc3c(c2)N(S(C)(=O)=O)CCC3)cc1. The van der Waals surface area contributed by atoms with Crippen LogP contribution in [-0.4, -0.2) is 27.1 Å². The van der Waals surface area contributed by atoms with Gasteiger partial charge in [-0.1, -0.05) is 25.1 Å². The maximum Gasteiger partial charge on any atom is 0.255 e. The smallest absolute Gasteiger partial charge is 0.255 e. The van der Waals surface area contributed by atoms with E-state index in [1.165, 1.54) is 16.1 Å². The van der Waals surface area contributed by atoms with Crippen LogP contribution >= 0.6 is 0 Å². The van der Waals surface area contributed by atoms with Crippen molar-refractivity contribution in [2.24, 2.45) is 0 Å². The number of hydrogen-bond donors (Lipinski definition) is 1. The van der Waals surface area contributed by atoms with Crippen molar-refractivity contribution in [1.82, 2.24) is 0 Å². The second-order valence-electron chi connectivity index (χ2n) is 6.29. The first kappa shape index (κ1) is 17.5. The van der Waals surface area contributed by atoms with Gasteiger partial charge in [-0.3, -0.25) is 9.10 Å². The van der Waals surface area contributed by atoms with E-state index in [1.807, 2.05) is 24.3 Å². The summed E-state index contributed by atoms with van der Waals surface area (Å²) in [5.41, 5.74) is 4.00. The van der Waals surface area contributed by atoms with E-state index in [1.54, 1.807) is 18.2 Å². The summed E-state index contributed by atoms with van der Waals surface area (Å²) in [6, 6.07) is 12.9. The van der Waals surface area contributed by atoms with E-state index in [4.69, 9.17) is 0 Å². The van der Waals surface area contributed by atoms with Gasteiger partial charge in [-0.2, -0.15) is 0 Å². The lowest BCUT2D eigenvalue weighted by Gasteiger charge is -2.29. The predicted molar refractivity (Wildman–Crippen MR) is 101 cm³/mol. The molecule has 0 spiro atoms. The average molecular weight is 358 g/mol. The molecule has 0 radical (unpaired) electrons. The summed E-state index contributed by atoms with van der Waals surface area (Å²) in [4.78, 5) is 12.4. The first-order valence-corrected chi connectivity index (χ1v) is 10.2. The molecule has 0 saturated heterocycles. The molecule has 0 atom stereocenters. The molecule has 25 heavy (non-hydrogen) atoms. The fourth-order valence-corrected chi connectivity index (χ4v) is 4.05. The van der Waals surface area contributed by atoms with Crippen LogP contribution in [0.2, 0.25) is 0 Å². The highest BCUT2D eigenvalue weighted by atomic mass is 32.2. The van der Waals surface area contributed by atoms with Gasteiger partial charge in [-0.25, -0.2) is 8.42 Å². The molecule has 3 rings (SSSR count). The Labute approximate surface area is 148 Å². The van der Waals surface area contributed by atoms with Gasteiger partial charge in [0.05, 0.1) is 11.9 Å². The van der Waals surface area contributed by atoms with Crippen molar-refractivity contribution in [2.45, 2.75) is 26.2 Å². The molecule has 2 aromatic carbocycles. The maximum atomic E-state index is 12.4. The molecule has 1 heterocycles. The highest BCUT2D eigenvalue weighted by Crippen LogP contribution is 2.31. The van der Waals surface area contributed by atoms with Gasteiger partial charge in [0.1, 0.15) is 0 Å². The van der Waals surface area contributed by atoms with Crippen LogP contribution in [0.1, 0.15) is 34.8 Å². The van der Waals surface area contributed by atoms with Crippen LogP contribution in [0.4, 0.5) is 11.4 Å². The van der Waals surface area contributed by atoms with Gasteiger partial charge in [0.25, 0.3) is 5.91 Å². The van der Waals surface area contributed by atoms with Crippen LogP contribution in [-0.2, 0) is 22.9 Å². The van der Waals surface area contributed by atoms with E-state index < -0.39 is 10.0 Å². The molecular weight excluding hydrogens is 336 g/mol. The lowest BCUT2D eigenvalue weighted by atomic mass is 10.0. The molecule has 1 N–H and O–H groups in total. The molecule has 1 amide bonds. The minimum absolute atomic E-state index is 0.204. The van der Waals surface area contributed by atoms with Crippen molar-refractivity contribution in [3.8, 4) is 0 Å². The highest BCUT2D eigenvalue weighted by Gasteiger charge is 2.24. The normalized spacial score (nSPS) is 14.1. The van der Waals surface area contributed by atoms with E-state index in [0.29, 0.717) is 23.5 Å². The zero-order chi connectivity index (χ0) is 18.0. The van der Waals surface area contributed by atoms with Crippen LogP contribution < -0.4 is 9.62 Å². The highest BCUT2D eigenvalue weighted by molar-refractivity contribution is 7.92. The molecule has 0 saturated carbocycles. The fraction of sp³-hybridized carbons (Fsp3) is 0.316. The summed E-state index contributed by atoms with van der Waals surface area (Å²) in [6.45, 7) is 2.54. The van der Waals surface area contributed by atoms with Gasteiger partial charge >= 0.3 is 0 Å². The van der Waals surface area contributed by atoms with Crippen molar-refractivity contribution in [2.75, 3.05) is 22.4 Å². The van der Waals surface area contributed by atoms with Crippen LogP contribution in [0.15, 0.2) is 42.5 Å². The van der Waals surface area contributed by atoms with Crippen molar-refractivity contribution >= 4 is 27.3 Å². The standard InChI is InChI=1S/C19H22N2O3S/c1-3-14-6-8-16(9-7-14)19(22)20-17-11-10-15-5-4-12-21(18(15)13-17)25(2,23)24/h6-11,13H,3-5,12H2,1-2H3,(H,20,22). The van der Waals surface area contributed by atoms with Crippen LogP contribution in [0.25, 0.3) is 0 Å². The van der Waals surface area contributed by atoms with E-state index in [-0.39, 0.29) is 5.91 Å². The number of nitrogens with zero attached hydrogens (tertiary/aromatic N) is 1. The van der Waals surface area contributed by atoms with E-state index in [9.17, 15) is 13.2 Å². The van der Waals surface area contributed by atoms with Crippen LogP contribution in [0.3, 0.4) is 0 Å². The largest absolute Gasteiger partial charge is 0.322 e. The first-order valence-electron chi connectivity index (χ1n) is 8.39. The van der Waals surface area contributed by atoms with Crippen molar-refractivity contribution in [3.63, 3.8) is 0 Å². The third-order valence-corrected chi connectivity index (χ3v) is 5.62. The lowest BCUT2D eigenvalue weighted by molar-refractivity contribution is 0.102. The third-order valence-electron chi connectivity index (χ3n) is 4.44. The quantitative estimate of drug-likeness (QED) is 0.913. The molecule has 0 aromatic heterocycles. The molecule has 2 aromatic rings. The molecule has 1 aliphatic rings. The van der Waals surface area contributed by atoms with Gasteiger partial charge in [0.2, 0.25) is 10.0 Å². The lowest BCUT2D eigenvalue weighted by Crippen LogP contribution is -2.34. The summed E-state index contributed by atoms with van der Waals surface area (Å²) in [5, 5.41) is 2.86. The number of anilines is 2. The summed E-state index contributed by atoms with van der Waals surface area (Å²) in [5.74, 6) is -0.204. The zero-order valence-electron chi connectivity index (χ0n) is 14.5. The van der Waals surface area contributed by atoms with E-state index >= 15 is 0 Å². The number of rotatable bonds is 4. The number of carbonyl (C=O) groups is 1. The number of hydrogen-bond acceptors (Lipinski definition) is 3. The average Bonchev–Trinajstić information content (AvgIpc) is 2.60. The summed E-state index contributed by atoms with van der Waals surface area (Å²) < 4.78 is 25.4. The summed E-state index contributed by atoms with van der Waals surface area (Å²) >= 11 is 0. The summed E-state index contributed by atoms with van der Waals surface area (Å²) in [6.07, 6.45) is 3.78. The summed E-state index contributed by atoms with van der Waals surface area (Å²) in [7, 11) is -3.32. The van der Waals surface area contributed by atoms with Crippen molar-refractivity contribution in [1.29, 1.82) is 0 Å². The van der Waals surface area contributed by atoms with E-state index in [2.05, 4.69) is 12.2 Å². The molecular formula is C19H22N2O3S. The van der Waals surface area contributed by atoms with Crippen LogP contribution in [0.5, 0.6) is 0 Å². The van der Waals surface area contributed by atoms with Crippen molar-refractivity contribution < 1.29 is 13.2 Å². The molecule has 0 unspecified atom stereocenters. The predicted octanol–water partition coefficient (Wildman–Crippen LogP) is 3.21. The Morgan fingerprint density at radius 3 is 2.52 bits per heavy atom. The first-order chi connectivity index (χ1) is 11.9. The number of carbonyl (C=O) groups excluding carboxylic acids is 1. The topological polar surface area (TPSA) is 66.5 Å². The Bertz CT molecular complexity index is 889. The number of nitrogens with one attached hydrogen (secondary N) is 1. The minimum Gasteiger partial charge on any atom is -0.322 e. The van der Waals surface area contributed by atoms with Gasteiger partial charge < -0.3 is 5.32 Å². The molecule has 0 bridgehead atoms. The minimum atomic E-state index is -3.32. The molecule has 0 aliphatic carbocycles. The van der Waals surface area contributed by atoms with Crippen LogP contribution in [0, 0.1) is 0 Å². The van der Waals surface area contributed by atoms with Gasteiger partial charge in [0, 0.05) is 17.8 Å². The molecule has 132 valence electrons. The Balaban J connectivity index is 1.85. The monoisotopic (exact) mass is 358 g/mol. The second-order valence-corrected chi connectivity index (χ2v) is 8.19. The Morgan fingerprint density at radius 1 is 1.16 bits per heavy atom. The van der Waals surface area contributed by atoms with Gasteiger partial charge in [0.15, 0.2) is 0 Å². The number of aryl methyl sites for hydroxylation is 2. The Hall–Kier alpha value is -2.34. The van der Waals surface area contributed by atoms with Gasteiger partial charge in [-0.15, -0.1) is 0 Å².